The third-order valence-electron chi connectivity index (χ3n) is 4.24. The Balaban J connectivity index is 2.16. The normalized spacial score (nSPS) is 33.9. The molecule has 0 aromatic heterocycles. The number of unbranched alkanes of at least 4 members (excludes halogenated alkanes) is 1. The van der Waals surface area contributed by atoms with Crippen LogP contribution in [0.1, 0.15) is 46.5 Å². The molecule has 1 amide bonds. The molecule has 2 rings (SSSR count). The van der Waals surface area contributed by atoms with Gasteiger partial charge in [-0.25, -0.2) is 0 Å². The van der Waals surface area contributed by atoms with Crippen LogP contribution in [0, 0.1) is 17.8 Å². The molecule has 1 fully saturated rings. The predicted molar refractivity (Wildman–Crippen MR) is 65.8 cm³/mol. The molecule has 1 aliphatic carbocycles. The van der Waals surface area contributed by atoms with Crippen LogP contribution < -0.4 is 0 Å². The van der Waals surface area contributed by atoms with E-state index in [0.717, 1.165) is 19.4 Å². The minimum atomic E-state index is 0.279. The Bertz CT molecular complexity index is 308. The van der Waals surface area contributed by atoms with E-state index in [4.69, 9.17) is 0 Å². The summed E-state index contributed by atoms with van der Waals surface area (Å²) in [5, 5.41) is 0. The van der Waals surface area contributed by atoms with Gasteiger partial charge in [0.15, 0.2) is 0 Å². The highest BCUT2D eigenvalue weighted by atomic mass is 16.2. The second-order valence-corrected chi connectivity index (χ2v) is 5.45. The summed E-state index contributed by atoms with van der Waals surface area (Å²) in [6.45, 7) is 7.51. The van der Waals surface area contributed by atoms with Crippen molar-refractivity contribution in [3.8, 4) is 0 Å². The summed E-state index contributed by atoms with van der Waals surface area (Å²) in [4.78, 5) is 14.3. The standard InChI is InChI=1S/C14H23NO/c1-4-5-8-15-9-11(3)12-7-6-10(2)13(12)14(15)16/h9-10,12-13H,4-8H2,1-3H3/t10-,12+,13+/m0/s1. The summed E-state index contributed by atoms with van der Waals surface area (Å²) < 4.78 is 0. The fourth-order valence-electron chi connectivity index (χ4n) is 3.22. The molecule has 1 heterocycles. The molecule has 1 aliphatic heterocycles. The van der Waals surface area contributed by atoms with Crippen molar-refractivity contribution < 1.29 is 4.79 Å². The zero-order valence-electron chi connectivity index (χ0n) is 10.7. The maximum Gasteiger partial charge on any atom is 0.230 e. The molecule has 0 spiro atoms. The molecule has 0 aromatic carbocycles. The van der Waals surface area contributed by atoms with Gasteiger partial charge in [0, 0.05) is 18.7 Å². The molecule has 1 saturated carbocycles. The Morgan fingerprint density at radius 3 is 2.88 bits per heavy atom. The molecule has 2 nitrogen and oxygen atoms in total. The predicted octanol–water partition coefficient (Wildman–Crippen LogP) is 3.19. The van der Waals surface area contributed by atoms with Crippen LogP contribution in [0.4, 0.5) is 0 Å². The lowest BCUT2D eigenvalue weighted by molar-refractivity contribution is -0.136. The van der Waals surface area contributed by atoms with Gasteiger partial charge in [0.25, 0.3) is 0 Å². The van der Waals surface area contributed by atoms with Crippen molar-refractivity contribution in [2.24, 2.45) is 17.8 Å². The van der Waals surface area contributed by atoms with Gasteiger partial charge in [-0.15, -0.1) is 0 Å². The minimum absolute atomic E-state index is 0.279. The average Bonchev–Trinajstić information content (AvgIpc) is 2.64. The summed E-state index contributed by atoms with van der Waals surface area (Å²) in [7, 11) is 0. The van der Waals surface area contributed by atoms with Crippen molar-refractivity contribution >= 4 is 5.91 Å². The van der Waals surface area contributed by atoms with Gasteiger partial charge in [0.1, 0.15) is 0 Å². The fraction of sp³-hybridized carbons (Fsp3) is 0.786. The Labute approximate surface area is 98.7 Å². The van der Waals surface area contributed by atoms with Gasteiger partial charge in [-0.05, 0) is 38.0 Å². The lowest BCUT2D eigenvalue weighted by Gasteiger charge is -2.34. The van der Waals surface area contributed by atoms with Crippen LogP contribution in [-0.2, 0) is 4.79 Å². The van der Waals surface area contributed by atoms with Gasteiger partial charge in [-0.1, -0.05) is 25.8 Å². The van der Waals surface area contributed by atoms with Crippen molar-refractivity contribution in [3.63, 3.8) is 0 Å². The molecule has 0 aromatic rings. The lowest BCUT2D eigenvalue weighted by atomic mass is 9.82. The van der Waals surface area contributed by atoms with Gasteiger partial charge in [-0.3, -0.25) is 4.79 Å². The Morgan fingerprint density at radius 1 is 1.44 bits per heavy atom. The second-order valence-electron chi connectivity index (χ2n) is 5.45. The molecule has 16 heavy (non-hydrogen) atoms. The van der Waals surface area contributed by atoms with E-state index >= 15 is 0 Å². The molecule has 0 bridgehead atoms. The SMILES string of the molecule is CCCCN1C=C(C)[C@H]2CC[C@H](C)[C@H]2C1=O. The quantitative estimate of drug-likeness (QED) is 0.716. The van der Waals surface area contributed by atoms with Gasteiger partial charge in [0.2, 0.25) is 5.91 Å². The summed E-state index contributed by atoms with van der Waals surface area (Å²) >= 11 is 0. The molecule has 90 valence electrons. The molecule has 0 saturated heterocycles. The Hall–Kier alpha value is -0.790. The molecular formula is C14H23NO. The number of amides is 1. The van der Waals surface area contributed by atoms with Crippen LogP contribution in [0.15, 0.2) is 11.8 Å². The van der Waals surface area contributed by atoms with Crippen molar-refractivity contribution in [2.45, 2.75) is 46.5 Å². The highest BCUT2D eigenvalue weighted by Gasteiger charge is 2.43. The van der Waals surface area contributed by atoms with Crippen LogP contribution in [-0.4, -0.2) is 17.4 Å². The highest BCUT2D eigenvalue weighted by Crippen LogP contribution is 2.44. The molecule has 2 aliphatic rings. The van der Waals surface area contributed by atoms with E-state index in [2.05, 4.69) is 27.0 Å². The molecule has 0 radical (unpaired) electrons. The van der Waals surface area contributed by atoms with Crippen LogP contribution >= 0.6 is 0 Å². The summed E-state index contributed by atoms with van der Waals surface area (Å²) in [6.07, 6.45) is 6.80. The van der Waals surface area contributed by atoms with E-state index < -0.39 is 0 Å². The number of hydrogen-bond acceptors (Lipinski definition) is 1. The smallest absolute Gasteiger partial charge is 0.230 e. The van der Waals surface area contributed by atoms with E-state index in [1.807, 2.05) is 4.90 Å². The molecule has 3 atom stereocenters. The highest BCUT2D eigenvalue weighted by molar-refractivity contribution is 5.82. The van der Waals surface area contributed by atoms with Gasteiger partial charge >= 0.3 is 0 Å². The molecular weight excluding hydrogens is 198 g/mol. The van der Waals surface area contributed by atoms with Crippen molar-refractivity contribution in [1.82, 2.24) is 4.90 Å². The first-order valence-electron chi connectivity index (χ1n) is 6.64. The second kappa shape index (κ2) is 4.60. The third kappa shape index (κ3) is 1.90. The van der Waals surface area contributed by atoms with E-state index in [-0.39, 0.29) is 5.92 Å². The first-order chi connectivity index (χ1) is 7.65. The van der Waals surface area contributed by atoms with Crippen LogP contribution in [0.2, 0.25) is 0 Å². The van der Waals surface area contributed by atoms with Crippen molar-refractivity contribution in [3.05, 3.63) is 11.8 Å². The number of carbonyl (C=O) groups is 1. The summed E-state index contributed by atoms with van der Waals surface area (Å²) in [5.74, 6) is 1.78. The van der Waals surface area contributed by atoms with E-state index in [1.54, 1.807) is 0 Å². The number of rotatable bonds is 3. The minimum Gasteiger partial charge on any atom is -0.319 e. The maximum atomic E-state index is 12.4. The number of allylic oxidation sites excluding steroid dienone is 1. The van der Waals surface area contributed by atoms with Crippen molar-refractivity contribution in [1.29, 1.82) is 0 Å². The van der Waals surface area contributed by atoms with Crippen LogP contribution in [0.5, 0.6) is 0 Å². The van der Waals surface area contributed by atoms with Crippen LogP contribution in [0.25, 0.3) is 0 Å². The fourth-order valence-corrected chi connectivity index (χ4v) is 3.22. The van der Waals surface area contributed by atoms with Crippen LogP contribution in [0.3, 0.4) is 0 Å². The lowest BCUT2D eigenvalue weighted by Crippen LogP contribution is -2.41. The summed E-state index contributed by atoms with van der Waals surface area (Å²) in [5.41, 5.74) is 1.42. The Morgan fingerprint density at radius 2 is 2.19 bits per heavy atom. The zero-order chi connectivity index (χ0) is 11.7. The zero-order valence-corrected chi connectivity index (χ0v) is 10.7. The number of hydrogen-bond donors (Lipinski definition) is 0. The van der Waals surface area contributed by atoms with Gasteiger partial charge in [0.05, 0.1) is 0 Å². The average molecular weight is 221 g/mol. The first kappa shape index (κ1) is 11.7. The molecule has 0 unspecified atom stereocenters. The largest absolute Gasteiger partial charge is 0.319 e. The number of nitrogens with zero attached hydrogens (tertiary/aromatic N) is 1. The maximum absolute atomic E-state index is 12.4. The third-order valence-corrected chi connectivity index (χ3v) is 4.24. The number of fused-ring (bicyclic) bond motifs is 1. The monoisotopic (exact) mass is 221 g/mol. The van der Waals surface area contributed by atoms with Gasteiger partial charge in [-0.2, -0.15) is 0 Å². The number of carbonyl (C=O) groups excluding carboxylic acids is 1. The Kier molecular flexibility index (Phi) is 3.36. The molecule has 0 N–H and O–H groups in total. The van der Waals surface area contributed by atoms with E-state index in [0.29, 0.717) is 17.7 Å². The van der Waals surface area contributed by atoms with E-state index in [1.165, 1.54) is 18.4 Å². The topological polar surface area (TPSA) is 20.3 Å². The van der Waals surface area contributed by atoms with Gasteiger partial charge < -0.3 is 4.90 Å². The van der Waals surface area contributed by atoms with Crippen molar-refractivity contribution in [2.75, 3.05) is 6.54 Å². The van der Waals surface area contributed by atoms with E-state index in [9.17, 15) is 4.79 Å². The summed E-state index contributed by atoms with van der Waals surface area (Å²) in [6, 6.07) is 0. The first-order valence-corrected chi connectivity index (χ1v) is 6.64. The molecule has 2 heteroatoms.